The zero-order valence-corrected chi connectivity index (χ0v) is 5.92. The first-order valence-electron chi connectivity index (χ1n) is 2.79. The van der Waals surface area contributed by atoms with Gasteiger partial charge in [-0.2, -0.15) is 0 Å². The second kappa shape index (κ2) is 1.98. The van der Waals surface area contributed by atoms with Gasteiger partial charge < -0.3 is 0 Å². The SMILES string of the molecule is Sn1nc2[c]cccc2n1. The molecule has 0 aliphatic heterocycles. The first-order chi connectivity index (χ1) is 4.86. The minimum absolute atomic E-state index is 0.748. The van der Waals surface area contributed by atoms with Gasteiger partial charge in [0.05, 0.1) is 0 Å². The Morgan fingerprint density at radius 3 is 3.20 bits per heavy atom. The van der Waals surface area contributed by atoms with Crippen molar-refractivity contribution in [3.8, 4) is 0 Å². The zero-order valence-electron chi connectivity index (χ0n) is 5.02. The number of benzene rings is 1. The van der Waals surface area contributed by atoms with Crippen LogP contribution < -0.4 is 0 Å². The second-order valence-corrected chi connectivity index (χ2v) is 2.23. The van der Waals surface area contributed by atoms with Gasteiger partial charge in [-0.15, -0.1) is 14.4 Å². The van der Waals surface area contributed by atoms with Crippen molar-refractivity contribution in [1.82, 2.24) is 14.4 Å². The molecule has 2 rings (SSSR count). The number of rotatable bonds is 0. The number of thiol groups is 1. The van der Waals surface area contributed by atoms with Crippen LogP contribution in [0.1, 0.15) is 0 Å². The van der Waals surface area contributed by atoms with E-state index in [9.17, 15) is 0 Å². The van der Waals surface area contributed by atoms with Gasteiger partial charge in [0.2, 0.25) is 0 Å². The summed E-state index contributed by atoms with van der Waals surface area (Å²) in [5.74, 6) is 0. The molecule has 4 heteroatoms. The molecule has 0 bridgehead atoms. The fourth-order valence-corrected chi connectivity index (χ4v) is 0.974. The lowest BCUT2D eigenvalue weighted by molar-refractivity contribution is 0.889. The van der Waals surface area contributed by atoms with Gasteiger partial charge in [-0.05, 0) is 18.9 Å². The van der Waals surface area contributed by atoms with Gasteiger partial charge in [0.1, 0.15) is 11.0 Å². The van der Waals surface area contributed by atoms with Gasteiger partial charge >= 0.3 is 0 Å². The predicted octanol–water partition coefficient (Wildman–Crippen LogP) is 0.924. The summed E-state index contributed by atoms with van der Waals surface area (Å²) in [6.45, 7) is 0. The highest BCUT2D eigenvalue weighted by atomic mass is 32.1. The molecule has 0 saturated carbocycles. The molecular formula is C6H4N3S. The van der Waals surface area contributed by atoms with Crippen LogP contribution in [-0.2, 0) is 0 Å². The molecule has 2 aromatic rings. The third-order valence-electron chi connectivity index (χ3n) is 1.20. The van der Waals surface area contributed by atoms with Crippen LogP contribution in [0.5, 0.6) is 0 Å². The minimum atomic E-state index is 0.748. The molecule has 1 radical (unpaired) electrons. The van der Waals surface area contributed by atoms with Gasteiger partial charge in [-0.25, -0.2) is 0 Å². The Kier molecular flexibility index (Phi) is 1.14. The molecule has 0 aliphatic rings. The largest absolute Gasteiger partial charge is 0.142 e. The molecule has 0 fully saturated rings. The molecule has 1 aromatic carbocycles. The Bertz CT molecular complexity index is 322. The summed E-state index contributed by atoms with van der Waals surface area (Å²) in [7, 11) is 0. The first-order valence-corrected chi connectivity index (χ1v) is 3.19. The number of aromatic nitrogens is 3. The van der Waals surface area contributed by atoms with Crippen molar-refractivity contribution in [3.63, 3.8) is 0 Å². The van der Waals surface area contributed by atoms with Crippen LogP contribution in [0.2, 0.25) is 0 Å². The van der Waals surface area contributed by atoms with E-state index in [-0.39, 0.29) is 0 Å². The van der Waals surface area contributed by atoms with E-state index in [1.54, 1.807) is 6.07 Å². The topological polar surface area (TPSA) is 30.7 Å². The van der Waals surface area contributed by atoms with E-state index in [0.717, 1.165) is 11.0 Å². The zero-order chi connectivity index (χ0) is 6.97. The van der Waals surface area contributed by atoms with Crippen LogP contribution in [0.25, 0.3) is 11.0 Å². The Hall–Kier alpha value is -1.03. The lowest BCUT2D eigenvalue weighted by atomic mass is 10.3. The lowest BCUT2D eigenvalue weighted by Crippen LogP contribution is -1.81. The van der Waals surface area contributed by atoms with Gasteiger partial charge in [-0.1, -0.05) is 12.1 Å². The summed E-state index contributed by atoms with van der Waals surface area (Å²) < 4.78 is 1.24. The van der Waals surface area contributed by atoms with Crippen LogP contribution in [0, 0.1) is 6.07 Å². The standard InChI is InChI=1S/C6H4N3S/c10-9-7-5-3-1-2-4-6(5)8-9/h1-3,10H. The maximum Gasteiger partial charge on any atom is 0.122 e. The molecule has 10 heavy (non-hydrogen) atoms. The van der Waals surface area contributed by atoms with E-state index in [1.807, 2.05) is 12.1 Å². The van der Waals surface area contributed by atoms with Crippen LogP contribution >= 0.6 is 12.8 Å². The number of fused-ring (bicyclic) bond motifs is 1. The molecule has 1 aromatic heterocycles. The Morgan fingerprint density at radius 1 is 1.50 bits per heavy atom. The molecular weight excluding hydrogens is 146 g/mol. The fourth-order valence-electron chi connectivity index (χ4n) is 0.788. The Labute approximate surface area is 63.2 Å². The monoisotopic (exact) mass is 150 g/mol. The molecule has 0 amide bonds. The number of nitrogens with zero attached hydrogens (tertiary/aromatic N) is 3. The number of hydrogen-bond acceptors (Lipinski definition) is 3. The van der Waals surface area contributed by atoms with Crippen molar-refractivity contribution in [1.29, 1.82) is 0 Å². The third-order valence-corrected chi connectivity index (χ3v) is 1.38. The number of hydrogen-bond donors (Lipinski definition) is 1. The van der Waals surface area contributed by atoms with Crippen LogP contribution in [-0.4, -0.2) is 14.4 Å². The van der Waals surface area contributed by atoms with E-state index in [4.69, 9.17) is 0 Å². The normalized spacial score (nSPS) is 10.5. The highest BCUT2D eigenvalue weighted by Gasteiger charge is 1.96. The summed E-state index contributed by atoms with van der Waals surface area (Å²) in [5, 5.41) is 7.88. The van der Waals surface area contributed by atoms with Crippen molar-refractivity contribution >= 4 is 23.8 Å². The van der Waals surface area contributed by atoms with E-state index in [0.29, 0.717) is 0 Å². The van der Waals surface area contributed by atoms with Crippen LogP contribution in [0.4, 0.5) is 0 Å². The summed E-state index contributed by atoms with van der Waals surface area (Å²) >= 11 is 3.92. The minimum Gasteiger partial charge on any atom is -0.142 e. The van der Waals surface area contributed by atoms with E-state index in [1.165, 1.54) is 4.20 Å². The maximum absolute atomic E-state index is 3.95. The predicted molar refractivity (Wildman–Crippen MR) is 40.7 cm³/mol. The molecule has 0 saturated heterocycles. The maximum atomic E-state index is 3.95. The van der Waals surface area contributed by atoms with Gasteiger partial charge in [0, 0.05) is 6.07 Å². The molecule has 0 aliphatic carbocycles. The molecule has 0 N–H and O–H groups in total. The van der Waals surface area contributed by atoms with Crippen molar-refractivity contribution in [2.75, 3.05) is 0 Å². The quantitative estimate of drug-likeness (QED) is 0.566. The van der Waals surface area contributed by atoms with Crippen molar-refractivity contribution in [2.45, 2.75) is 0 Å². The summed E-state index contributed by atoms with van der Waals surface area (Å²) in [6, 6.07) is 8.46. The molecule has 1 heterocycles. The Balaban J connectivity index is 2.88. The van der Waals surface area contributed by atoms with Gasteiger partial charge in [-0.3, -0.25) is 0 Å². The van der Waals surface area contributed by atoms with Crippen molar-refractivity contribution in [2.24, 2.45) is 0 Å². The van der Waals surface area contributed by atoms with Gasteiger partial charge in [0.15, 0.2) is 0 Å². The average molecular weight is 150 g/mol. The Morgan fingerprint density at radius 2 is 2.40 bits per heavy atom. The highest BCUT2D eigenvalue weighted by molar-refractivity contribution is 7.78. The molecule has 0 spiro atoms. The summed E-state index contributed by atoms with van der Waals surface area (Å²) in [4.78, 5) is 0. The average Bonchev–Trinajstić information content (AvgIpc) is 2.27. The molecule has 49 valence electrons. The summed E-state index contributed by atoms with van der Waals surface area (Å²) in [6.07, 6.45) is 0. The highest BCUT2D eigenvalue weighted by Crippen LogP contribution is 2.05. The van der Waals surface area contributed by atoms with Crippen molar-refractivity contribution < 1.29 is 0 Å². The smallest absolute Gasteiger partial charge is 0.122 e. The van der Waals surface area contributed by atoms with Gasteiger partial charge in [0.25, 0.3) is 0 Å². The molecule has 3 nitrogen and oxygen atoms in total. The fraction of sp³-hybridized carbons (Fsp3) is 0. The molecule has 0 atom stereocenters. The van der Waals surface area contributed by atoms with E-state index in [2.05, 4.69) is 29.1 Å². The summed E-state index contributed by atoms with van der Waals surface area (Å²) in [5.41, 5.74) is 1.56. The second-order valence-electron chi connectivity index (χ2n) is 1.87. The van der Waals surface area contributed by atoms with E-state index >= 15 is 0 Å². The third kappa shape index (κ3) is 0.769. The van der Waals surface area contributed by atoms with E-state index < -0.39 is 0 Å². The molecule has 0 unspecified atom stereocenters. The van der Waals surface area contributed by atoms with Crippen LogP contribution in [0.15, 0.2) is 18.2 Å². The van der Waals surface area contributed by atoms with Crippen LogP contribution in [0.3, 0.4) is 0 Å². The lowest BCUT2D eigenvalue weighted by Gasteiger charge is -1.77. The first kappa shape index (κ1) is 5.73. The van der Waals surface area contributed by atoms with Crippen molar-refractivity contribution in [3.05, 3.63) is 24.3 Å².